The molecule has 0 saturated carbocycles. The zero-order valence-corrected chi connectivity index (χ0v) is 47.7. The van der Waals surface area contributed by atoms with Gasteiger partial charge in [0.05, 0.1) is 33.6 Å². The van der Waals surface area contributed by atoms with E-state index < -0.39 is 0 Å². The number of rotatable bonds is 9. The highest BCUT2D eigenvalue weighted by molar-refractivity contribution is 6.62. The Morgan fingerprint density at radius 3 is 1.04 bits per heavy atom. The fourth-order valence-corrected chi connectivity index (χ4v) is 10.2. The summed E-state index contributed by atoms with van der Waals surface area (Å²) in [6.45, 7) is 45.5. The van der Waals surface area contributed by atoms with Gasteiger partial charge in [-0.05, 0) is 111 Å². The lowest BCUT2D eigenvalue weighted by atomic mass is 9.79. The summed E-state index contributed by atoms with van der Waals surface area (Å²) in [6, 6.07) is 26.9. The lowest BCUT2D eigenvalue weighted by molar-refractivity contribution is -0.0895. The van der Waals surface area contributed by atoms with Gasteiger partial charge in [-0.1, -0.05) is 72.8 Å². The average molecular weight is 1020 g/mol. The molecule has 6 fully saturated rings. The third-order valence-corrected chi connectivity index (χ3v) is 17.6. The van der Waals surface area contributed by atoms with Gasteiger partial charge in [0.1, 0.15) is 0 Å². The molecule has 0 amide bonds. The Bertz CT molecular complexity index is 2170. The Morgan fingerprint density at radius 1 is 0.365 bits per heavy atom. The molecule has 0 spiro atoms. The van der Waals surface area contributed by atoms with E-state index in [-0.39, 0.29) is 54.1 Å². The van der Waals surface area contributed by atoms with Crippen molar-refractivity contribution in [3.05, 3.63) is 95.1 Å². The Labute approximate surface area is 447 Å². The van der Waals surface area contributed by atoms with Gasteiger partial charge in [-0.3, -0.25) is 24.5 Å². The first-order valence-electron chi connectivity index (χ1n) is 28.1. The van der Waals surface area contributed by atoms with Crippen LogP contribution in [0.25, 0.3) is 0 Å². The van der Waals surface area contributed by atoms with Crippen LogP contribution in [0, 0.1) is 0 Å². The fourth-order valence-electron chi connectivity index (χ4n) is 10.2. The molecule has 6 aliphatic rings. The van der Waals surface area contributed by atoms with Crippen LogP contribution in [0.5, 0.6) is 0 Å². The minimum absolute atomic E-state index is 0.359. The maximum absolute atomic E-state index is 6.45. The zero-order valence-electron chi connectivity index (χ0n) is 47.7. The van der Waals surface area contributed by atoms with Crippen molar-refractivity contribution in [2.24, 2.45) is 0 Å². The number of nitrogens with one attached hydrogen (secondary N) is 3. The van der Waals surface area contributed by atoms with E-state index in [1.807, 2.05) is 0 Å². The monoisotopic (exact) mass is 1020 g/mol. The summed E-state index contributed by atoms with van der Waals surface area (Å²) in [7, 11) is -0.745. The van der Waals surface area contributed by atoms with E-state index in [1.165, 1.54) is 16.7 Å². The molecular formula is C58H94B2N8O6. The van der Waals surface area contributed by atoms with Crippen molar-refractivity contribution in [3.8, 4) is 0 Å². The molecule has 9 rings (SSSR count). The highest BCUT2D eigenvalue weighted by atomic mass is 16.7. The first-order valence-corrected chi connectivity index (χ1v) is 28.1. The third kappa shape index (κ3) is 14.9. The molecule has 3 aromatic rings. The van der Waals surface area contributed by atoms with E-state index in [0.29, 0.717) is 0 Å². The van der Waals surface area contributed by atoms with E-state index in [2.05, 4.69) is 196 Å². The van der Waals surface area contributed by atoms with Crippen LogP contribution in [0.3, 0.4) is 0 Å². The van der Waals surface area contributed by atoms with E-state index >= 15 is 0 Å². The van der Waals surface area contributed by atoms with Crippen LogP contribution in [0.2, 0.25) is 0 Å². The van der Waals surface area contributed by atoms with Crippen LogP contribution >= 0.6 is 0 Å². The molecule has 74 heavy (non-hydrogen) atoms. The molecule has 16 heteroatoms. The number of hydrogen-bond donors (Lipinski definition) is 3. The molecule has 2 atom stereocenters. The summed E-state index contributed by atoms with van der Waals surface area (Å²) in [5.41, 5.74) is 4.86. The molecule has 6 saturated heterocycles. The standard InChI is InChI=1S/C58H94B2N8O6/c1-53(2)54(3,4)70-52(69-53)49-19-13-46(14-20-49)43-66-34-30-63-29-32-64-31-27-61-25-26-62-28-33-65(36-38-66)37-40-68(45-48-17-23-51(24-18-48)60-73-57(9,10)58(11,12)74-60)42-41-67(39-35-64)44-47-15-21-50(22-16-47)59-71-55(5,6)56(7,8)72-59/h13-24,52,61-63H,25-45H2,1-12H3. The first kappa shape index (κ1) is 57.4. The van der Waals surface area contributed by atoms with Gasteiger partial charge in [-0.15, -0.1) is 0 Å². The molecule has 6 aliphatic heterocycles. The molecule has 14 nitrogen and oxygen atoms in total. The van der Waals surface area contributed by atoms with E-state index in [9.17, 15) is 0 Å². The molecule has 2 bridgehead atoms. The Balaban J connectivity index is 1.01. The average Bonchev–Trinajstić information content (AvgIpc) is 3.82. The van der Waals surface area contributed by atoms with Crippen LogP contribution < -0.4 is 26.9 Å². The minimum Gasteiger partial charge on any atom is -0.399 e. The smallest absolute Gasteiger partial charge is 0.399 e. The second kappa shape index (κ2) is 24.5. The number of nitrogens with zero attached hydrogens (tertiary/aromatic N) is 5. The number of fused-ring (bicyclic) bond motifs is 21. The van der Waals surface area contributed by atoms with Crippen LogP contribution in [0.15, 0.2) is 72.8 Å². The van der Waals surface area contributed by atoms with E-state index in [0.717, 1.165) is 154 Å². The molecule has 408 valence electrons. The predicted octanol–water partition coefficient (Wildman–Crippen LogP) is 5.09. The van der Waals surface area contributed by atoms with Crippen molar-refractivity contribution in [1.82, 2.24) is 40.4 Å². The SMILES string of the molecule is CC1(C)OB(c2ccc(CN3CCN4CCNCCNCCN(CCN(Cc5ccc(C6OC(C)(C)C(C)(C)O6)cc5)CCNCC4)CCN(Cc4ccc(B5OC(C)(C)C(C)(C)O5)cc4)CC3)cc2)OC1(C)C. The quantitative estimate of drug-likeness (QED) is 0.248. The van der Waals surface area contributed by atoms with E-state index in [4.69, 9.17) is 28.1 Å². The van der Waals surface area contributed by atoms with Gasteiger partial charge >= 0.3 is 14.2 Å². The Hall–Kier alpha value is -2.77. The van der Waals surface area contributed by atoms with Crippen molar-refractivity contribution in [2.45, 2.75) is 143 Å². The topological polar surface area (TPSA) is 108 Å². The highest BCUT2D eigenvalue weighted by Gasteiger charge is 2.53. The van der Waals surface area contributed by atoms with Crippen LogP contribution in [0.1, 0.15) is 112 Å². The van der Waals surface area contributed by atoms with Gasteiger partial charge in [-0.2, -0.15) is 0 Å². The van der Waals surface area contributed by atoms with Crippen molar-refractivity contribution < 1.29 is 28.1 Å². The second-order valence-corrected chi connectivity index (χ2v) is 24.8. The summed E-state index contributed by atoms with van der Waals surface area (Å²) >= 11 is 0. The number of hydrogen-bond acceptors (Lipinski definition) is 14. The van der Waals surface area contributed by atoms with Crippen molar-refractivity contribution in [2.75, 3.05) is 118 Å². The normalized spacial score (nSPS) is 27.1. The number of ether oxygens (including phenoxy) is 2. The fraction of sp³-hybridized carbons (Fsp3) is 0.690. The molecule has 3 aromatic carbocycles. The molecule has 0 aliphatic carbocycles. The maximum Gasteiger partial charge on any atom is 0.494 e. The second-order valence-electron chi connectivity index (χ2n) is 24.8. The Morgan fingerprint density at radius 2 is 0.662 bits per heavy atom. The molecule has 2 unspecified atom stereocenters. The summed E-state index contributed by atoms with van der Waals surface area (Å²) in [6.07, 6.45) is -0.359. The van der Waals surface area contributed by atoms with Crippen molar-refractivity contribution in [1.29, 1.82) is 0 Å². The van der Waals surface area contributed by atoms with Gasteiger partial charge in [0.25, 0.3) is 0 Å². The lowest BCUT2D eigenvalue weighted by Gasteiger charge is -2.33. The largest absolute Gasteiger partial charge is 0.494 e. The highest BCUT2D eigenvalue weighted by Crippen LogP contribution is 2.45. The van der Waals surface area contributed by atoms with Crippen molar-refractivity contribution in [3.63, 3.8) is 0 Å². The van der Waals surface area contributed by atoms with Crippen LogP contribution in [-0.4, -0.2) is 190 Å². The Kier molecular flexibility index (Phi) is 19.0. The summed E-state index contributed by atoms with van der Waals surface area (Å²) in [5.74, 6) is 0. The number of benzene rings is 3. The minimum atomic E-state index is -0.382. The van der Waals surface area contributed by atoms with Crippen LogP contribution in [-0.2, 0) is 47.7 Å². The van der Waals surface area contributed by atoms with Crippen LogP contribution in [0.4, 0.5) is 0 Å². The molecule has 6 heterocycles. The van der Waals surface area contributed by atoms with Gasteiger partial charge in [-0.25, -0.2) is 0 Å². The van der Waals surface area contributed by atoms with Gasteiger partial charge in [0.2, 0.25) is 0 Å². The molecule has 0 radical (unpaired) electrons. The summed E-state index contributed by atoms with van der Waals surface area (Å²) in [4.78, 5) is 13.4. The third-order valence-electron chi connectivity index (χ3n) is 17.6. The predicted molar refractivity (Wildman–Crippen MR) is 301 cm³/mol. The van der Waals surface area contributed by atoms with Gasteiger partial charge in [0.15, 0.2) is 6.29 Å². The van der Waals surface area contributed by atoms with Crippen molar-refractivity contribution >= 4 is 25.2 Å². The summed E-state index contributed by atoms with van der Waals surface area (Å²) < 4.78 is 38.6. The summed E-state index contributed by atoms with van der Waals surface area (Å²) in [5, 5.41) is 11.4. The van der Waals surface area contributed by atoms with E-state index in [1.54, 1.807) is 0 Å². The molecule has 3 N–H and O–H groups in total. The zero-order chi connectivity index (χ0) is 52.8. The maximum atomic E-state index is 6.45. The van der Waals surface area contributed by atoms with Gasteiger partial charge < -0.3 is 44.0 Å². The first-order chi connectivity index (χ1) is 35.1. The molecule has 0 aromatic heterocycles. The molecular weight excluding hydrogens is 926 g/mol. The van der Waals surface area contributed by atoms with Gasteiger partial charge in [0, 0.05) is 143 Å². The lowest BCUT2D eigenvalue weighted by Crippen LogP contribution is -2.47.